The third-order valence-electron chi connectivity index (χ3n) is 5.28. The molecule has 30 heavy (non-hydrogen) atoms. The highest BCUT2D eigenvalue weighted by Gasteiger charge is 2.32. The molecule has 0 bridgehead atoms. The number of ether oxygens (including phenoxy) is 2. The number of aliphatic hydroxyl groups is 1. The molecule has 1 saturated heterocycles. The average molecular weight is 416 g/mol. The van der Waals surface area contributed by atoms with Crippen LogP contribution in [0.5, 0.6) is 11.5 Å². The van der Waals surface area contributed by atoms with Gasteiger partial charge in [-0.15, -0.1) is 0 Å². The van der Waals surface area contributed by atoms with Crippen molar-refractivity contribution in [3.63, 3.8) is 0 Å². The number of hydrogen-bond acceptors (Lipinski definition) is 5. The first-order valence-corrected chi connectivity index (χ1v) is 10.2. The zero-order chi connectivity index (χ0) is 21.5. The Hall–Kier alpha value is -2.64. The van der Waals surface area contributed by atoms with Gasteiger partial charge in [-0.05, 0) is 43.7 Å². The zero-order valence-corrected chi connectivity index (χ0v) is 17.5. The zero-order valence-electron chi connectivity index (χ0n) is 17.5. The molecule has 0 spiro atoms. The maximum absolute atomic E-state index is 13.1. The molecule has 1 N–H and O–H groups in total. The number of nitrogens with zero attached hydrogens (tertiary/aromatic N) is 2. The van der Waals surface area contributed by atoms with E-state index in [4.69, 9.17) is 14.6 Å². The van der Waals surface area contributed by atoms with Crippen molar-refractivity contribution < 1.29 is 23.8 Å². The summed E-state index contributed by atoms with van der Waals surface area (Å²) in [5, 5.41) is 8.94. The second-order valence-corrected chi connectivity index (χ2v) is 7.61. The summed E-state index contributed by atoms with van der Waals surface area (Å²) < 4.78 is 24.3. The topological polar surface area (TPSA) is 62.2 Å². The number of aliphatic hydroxyl groups excluding tert-OH is 1. The van der Waals surface area contributed by atoms with Gasteiger partial charge in [-0.2, -0.15) is 0 Å². The molecule has 1 heterocycles. The largest absolute Gasteiger partial charge is 0.487 e. The van der Waals surface area contributed by atoms with Crippen molar-refractivity contribution in [3.05, 3.63) is 59.9 Å². The summed E-state index contributed by atoms with van der Waals surface area (Å²) in [6, 6.07) is 13.9. The number of piperazine rings is 1. The second-order valence-electron chi connectivity index (χ2n) is 7.61. The lowest BCUT2D eigenvalue weighted by Gasteiger charge is -2.44. The molecular formula is C23H29FN2O4. The van der Waals surface area contributed by atoms with E-state index in [-0.39, 0.29) is 43.6 Å². The molecule has 0 unspecified atom stereocenters. The number of halogens is 1. The number of benzene rings is 2. The van der Waals surface area contributed by atoms with E-state index >= 15 is 0 Å². The van der Waals surface area contributed by atoms with Crippen LogP contribution in [-0.4, -0.2) is 65.8 Å². The molecule has 1 amide bonds. The number of hydrogen-bond donors (Lipinski definition) is 1. The van der Waals surface area contributed by atoms with E-state index in [1.807, 2.05) is 24.0 Å². The summed E-state index contributed by atoms with van der Waals surface area (Å²) in [5.74, 6) is 0.673. The molecule has 1 aliphatic rings. The van der Waals surface area contributed by atoms with Gasteiger partial charge in [0.1, 0.15) is 12.4 Å². The van der Waals surface area contributed by atoms with Crippen molar-refractivity contribution in [1.29, 1.82) is 0 Å². The molecule has 0 radical (unpaired) electrons. The van der Waals surface area contributed by atoms with Gasteiger partial charge in [0.25, 0.3) is 5.91 Å². The quantitative estimate of drug-likeness (QED) is 0.717. The molecule has 2 aromatic carbocycles. The molecule has 0 aliphatic carbocycles. The number of para-hydroxylation sites is 2. The summed E-state index contributed by atoms with van der Waals surface area (Å²) in [6.45, 7) is 6.18. The minimum Gasteiger partial charge on any atom is -0.487 e. The monoisotopic (exact) mass is 416 g/mol. The van der Waals surface area contributed by atoms with E-state index in [0.717, 1.165) is 18.7 Å². The maximum Gasteiger partial charge on any atom is 0.260 e. The first kappa shape index (κ1) is 22.1. The fourth-order valence-corrected chi connectivity index (χ4v) is 3.66. The van der Waals surface area contributed by atoms with Crippen LogP contribution in [0, 0.1) is 5.82 Å². The van der Waals surface area contributed by atoms with E-state index < -0.39 is 0 Å². The SMILES string of the molecule is C[C@@H]1CN(C(=O)COc2ccccc2OCCO)[C@@H](C)CN1Cc1ccc(F)cc1. The minimum atomic E-state index is -0.237. The third kappa shape index (κ3) is 5.70. The number of rotatable bonds is 8. The standard InChI is InChI=1S/C23H29FN2O4/c1-17-14-26(18(2)13-25(17)15-19-7-9-20(24)10-8-19)23(28)16-30-22-6-4-3-5-21(22)29-12-11-27/h3-10,17-18,27H,11-16H2,1-2H3/t17-,18+/m1/s1. The minimum absolute atomic E-state index is 0.0404. The Bertz CT molecular complexity index is 830. The highest BCUT2D eigenvalue weighted by molar-refractivity contribution is 5.78. The van der Waals surface area contributed by atoms with Crippen molar-refractivity contribution in [2.45, 2.75) is 32.5 Å². The van der Waals surface area contributed by atoms with Gasteiger partial charge in [0.15, 0.2) is 18.1 Å². The van der Waals surface area contributed by atoms with Crippen LogP contribution in [0.1, 0.15) is 19.4 Å². The Morgan fingerprint density at radius 1 is 1.03 bits per heavy atom. The molecule has 2 aromatic rings. The van der Waals surface area contributed by atoms with Crippen molar-refractivity contribution in [2.75, 3.05) is 32.9 Å². The molecule has 7 heteroatoms. The molecule has 6 nitrogen and oxygen atoms in total. The molecule has 0 aromatic heterocycles. The number of carbonyl (C=O) groups is 1. The van der Waals surface area contributed by atoms with E-state index in [9.17, 15) is 9.18 Å². The average Bonchev–Trinajstić information content (AvgIpc) is 2.75. The summed E-state index contributed by atoms with van der Waals surface area (Å²) >= 11 is 0. The predicted octanol–water partition coefficient (Wildman–Crippen LogP) is 2.70. The molecule has 3 rings (SSSR count). The van der Waals surface area contributed by atoms with Gasteiger partial charge >= 0.3 is 0 Å². The fraction of sp³-hybridized carbons (Fsp3) is 0.435. The van der Waals surface area contributed by atoms with Crippen molar-refractivity contribution in [1.82, 2.24) is 9.80 Å². The Kier molecular flexibility index (Phi) is 7.65. The van der Waals surface area contributed by atoms with Gasteiger partial charge in [0.05, 0.1) is 6.61 Å². The maximum atomic E-state index is 13.1. The number of carbonyl (C=O) groups excluding carboxylic acids is 1. The Balaban J connectivity index is 1.55. The molecule has 162 valence electrons. The molecule has 0 saturated carbocycles. The summed E-state index contributed by atoms with van der Waals surface area (Å²) in [6.07, 6.45) is 0. The molecular weight excluding hydrogens is 387 g/mol. The lowest BCUT2D eigenvalue weighted by atomic mass is 10.1. The van der Waals surface area contributed by atoms with Crippen LogP contribution in [-0.2, 0) is 11.3 Å². The first-order chi connectivity index (χ1) is 14.5. The van der Waals surface area contributed by atoms with Crippen molar-refractivity contribution in [2.24, 2.45) is 0 Å². The van der Waals surface area contributed by atoms with Crippen molar-refractivity contribution in [3.8, 4) is 11.5 Å². The number of amides is 1. The van der Waals surface area contributed by atoms with Crippen LogP contribution in [0.3, 0.4) is 0 Å². The summed E-state index contributed by atoms with van der Waals surface area (Å²) in [7, 11) is 0. The van der Waals surface area contributed by atoms with Crippen molar-refractivity contribution >= 4 is 5.91 Å². The van der Waals surface area contributed by atoms with Gasteiger partial charge in [-0.3, -0.25) is 9.69 Å². The lowest BCUT2D eigenvalue weighted by Crippen LogP contribution is -2.58. The van der Waals surface area contributed by atoms with E-state index in [1.165, 1.54) is 12.1 Å². The smallest absolute Gasteiger partial charge is 0.260 e. The van der Waals surface area contributed by atoms with Gasteiger partial charge in [0.2, 0.25) is 0 Å². The third-order valence-corrected chi connectivity index (χ3v) is 5.28. The summed E-state index contributed by atoms with van der Waals surface area (Å²) in [5.41, 5.74) is 1.05. The highest BCUT2D eigenvalue weighted by Crippen LogP contribution is 2.26. The van der Waals surface area contributed by atoms with E-state index in [1.54, 1.807) is 24.3 Å². The van der Waals surface area contributed by atoms with Crippen LogP contribution in [0.4, 0.5) is 4.39 Å². The first-order valence-electron chi connectivity index (χ1n) is 10.2. The predicted molar refractivity (Wildman–Crippen MR) is 112 cm³/mol. The Morgan fingerprint density at radius 3 is 2.37 bits per heavy atom. The second kappa shape index (κ2) is 10.4. The van der Waals surface area contributed by atoms with E-state index in [0.29, 0.717) is 18.0 Å². The molecule has 2 atom stereocenters. The Morgan fingerprint density at radius 2 is 1.70 bits per heavy atom. The lowest BCUT2D eigenvalue weighted by molar-refractivity contribution is -0.139. The van der Waals surface area contributed by atoms with Crippen LogP contribution in [0.25, 0.3) is 0 Å². The molecule has 1 aliphatic heterocycles. The van der Waals surface area contributed by atoms with Gasteiger partial charge in [-0.25, -0.2) is 4.39 Å². The normalized spacial score (nSPS) is 19.5. The van der Waals surface area contributed by atoms with Crippen LogP contribution in [0.2, 0.25) is 0 Å². The van der Waals surface area contributed by atoms with Gasteiger partial charge in [-0.1, -0.05) is 24.3 Å². The van der Waals surface area contributed by atoms with Crippen LogP contribution >= 0.6 is 0 Å². The van der Waals surface area contributed by atoms with Crippen LogP contribution in [0.15, 0.2) is 48.5 Å². The Labute approximate surface area is 176 Å². The van der Waals surface area contributed by atoms with E-state index in [2.05, 4.69) is 11.8 Å². The highest BCUT2D eigenvalue weighted by atomic mass is 19.1. The van der Waals surface area contributed by atoms with Gasteiger partial charge in [0, 0.05) is 31.7 Å². The summed E-state index contributed by atoms with van der Waals surface area (Å²) in [4.78, 5) is 17.0. The van der Waals surface area contributed by atoms with Gasteiger partial charge < -0.3 is 19.5 Å². The molecule has 1 fully saturated rings. The fourth-order valence-electron chi connectivity index (χ4n) is 3.66. The van der Waals surface area contributed by atoms with Crippen LogP contribution < -0.4 is 9.47 Å².